The van der Waals surface area contributed by atoms with Crippen LogP contribution in [0.2, 0.25) is 0 Å². The maximum Gasteiger partial charge on any atom is 0.308 e. The van der Waals surface area contributed by atoms with Crippen LogP contribution in [0, 0.1) is 17.3 Å². The Bertz CT molecular complexity index is 276. The van der Waals surface area contributed by atoms with Gasteiger partial charge in [-0.2, -0.15) is 0 Å². The van der Waals surface area contributed by atoms with Crippen molar-refractivity contribution in [3.8, 4) is 0 Å². The van der Waals surface area contributed by atoms with Gasteiger partial charge in [0, 0.05) is 0 Å². The van der Waals surface area contributed by atoms with Gasteiger partial charge in [0.05, 0.1) is 5.92 Å². The van der Waals surface area contributed by atoms with E-state index in [0.717, 1.165) is 25.7 Å². The lowest BCUT2D eigenvalue weighted by molar-refractivity contribution is -0.158. The minimum absolute atomic E-state index is 0.0195. The smallest absolute Gasteiger partial charge is 0.308 e. The molecule has 1 saturated carbocycles. The molecule has 106 valence electrons. The van der Waals surface area contributed by atoms with E-state index in [-0.39, 0.29) is 18.0 Å². The molecule has 0 aliphatic heterocycles. The average molecular weight is 255 g/mol. The van der Waals surface area contributed by atoms with Gasteiger partial charge in [-0.25, -0.2) is 0 Å². The van der Waals surface area contributed by atoms with Crippen LogP contribution in [0.25, 0.3) is 0 Å². The zero-order valence-electron chi connectivity index (χ0n) is 12.4. The molecule has 0 aromatic rings. The minimum atomic E-state index is -0.0432. The first kappa shape index (κ1) is 15.5. The topological polar surface area (TPSA) is 52.3 Å². The molecule has 1 aliphatic carbocycles. The number of carbonyl (C=O) groups is 1. The van der Waals surface area contributed by atoms with Gasteiger partial charge in [-0.05, 0) is 50.0 Å². The van der Waals surface area contributed by atoms with Gasteiger partial charge in [0.25, 0.3) is 0 Å². The summed E-state index contributed by atoms with van der Waals surface area (Å²) in [6, 6.07) is 0. The normalized spacial score (nSPS) is 28.7. The molecule has 2 N–H and O–H groups in total. The molecular weight excluding hydrogens is 226 g/mol. The summed E-state index contributed by atoms with van der Waals surface area (Å²) in [5.41, 5.74) is 5.76. The Labute approximate surface area is 111 Å². The fourth-order valence-electron chi connectivity index (χ4n) is 3.17. The molecule has 18 heavy (non-hydrogen) atoms. The van der Waals surface area contributed by atoms with Crippen molar-refractivity contribution in [1.29, 1.82) is 0 Å². The highest BCUT2D eigenvalue weighted by Gasteiger charge is 2.34. The zero-order chi connectivity index (χ0) is 13.8. The van der Waals surface area contributed by atoms with E-state index in [1.54, 1.807) is 0 Å². The standard InChI is InChI=1S/C15H29NO2/c1-11-8-13(10-15(3,4)9-11)18-14(17)12(2)6-5-7-16/h11-13H,5-10,16H2,1-4H3. The molecule has 0 saturated heterocycles. The highest BCUT2D eigenvalue weighted by atomic mass is 16.5. The predicted octanol–water partition coefficient (Wildman–Crippen LogP) is 3.12. The van der Waals surface area contributed by atoms with Crippen molar-refractivity contribution in [2.75, 3.05) is 6.54 Å². The van der Waals surface area contributed by atoms with Crippen LogP contribution >= 0.6 is 0 Å². The summed E-state index contributed by atoms with van der Waals surface area (Å²) in [4.78, 5) is 12.0. The quantitative estimate of drug-likeness (QED) is 0.768. The van der Waals surface area contributed by atoms with Crippen LogP contribution in [0.3, 0.4) is 0 Å². The fraction of sp³-hybridized carbons (Fsp3) is 0.933. The number of hydrogen-bond acceptors (Lipinski definition) is 3. The number of esters is 1. The molecule has 0 radical (unpaired) electrons. The summed E-state index contributed by atoms with van der Waals surface area (Å²) in [5.74, 6) is 0.582. The van der Waals surface area contributed by atoms with E-state index in [2.05, 4.69) is 20.8 Å². The molecule has 3 nitrogen and oxygen atoms in total. The lowest BCUT2D eigenvalue weighted by atomic mass is 9.71. The average Bonchev–Trinajstić information content (AvgIpc) is 2.22. The Morgan fingerprint density at radius 3 is 2.67 bits per heavy atom. The van der Waals surface area contributed by atoms with Crippen molar-refractivity contribution in [2.24, 2.45) is 23.0 Å². The fourth-order valence-corrected chi connectivity index (χ4v) is 3.17. The van der Waals surface area contributed by atoms with E-state index in [0.29, 0.717) is 17.9 Å². The molecule has 0 aromatic carbocycles. The highest BCUT2D eigenvalue weighted by Crippen LogP contribution is 2.39. The molecule has 1 fully saturated rings. The van der Waals surface area contributed by atoms with Crippen molar-refractivity contribution >= 4 is 5.97 Å². The van der Waals surface area contributed by atoms with Crippen LogP contribution in [0.1, 0.15) is 59.8 Å². The minimum Gasteiger partial charge on any atom is -0.462 e. The number of carbonyl (C=O) groups excluding carboxylic acids is 1. The Morgan fingerprint density at radius 1 is 1.44 bits per heavy atom. The molecule has 3 unspecified atom stereocenters. The zero-order valence-corrected chi connectivity index (χ0v) is 12.4. The molecule has 0 aromatic heterocycles. The maximum atomic E-state index is 12.0. The van der Waals surface area contributed by atoms with Gasteiger partial charge in [-0.15, -0.1) is 0 Å². The molecule has 1 rings (SSSR count). The lowest BCUT2D eigenvalue weighted by Gasteiger charge is -2.38. The number of ether oxygens (including phenoxy) is 1. The first-order chi connectivity index (χ1) is 8.34. The second-order valence-electron chi connectivity index (χ2n) is 6.80. The Kier molecular flexibility index (Phi) is 5.64. The van der Waals surface area contributed by atoms with Crippen LogP contribution in [0.15, 0.2) is 0 Å². The van der Waals surface area contributed by atoms with Gasteiger partial charge < -0.3 is 10.5 Å². The van der Waals surface area contributed by atoms with E-state index in [1.807, 2.05) is 6.92 Å². The first-order valence-corrected chi connectivity index (χ1v) is 7.24. The number of hydrogen-bond donors (Lipinski definition) is 1. The van der Waals surface area contributed by atoms with Gasteiger partial charge >= 0.3 is 5.97 Å². The van der Waals surface area contributed by atoms with Gasteiger partial charge in [0.2, 0.25) is 0 Å². The van der Waals surface area contributed by atoms with Gasteiger partial charge in [-0.3, -0.25) is 4.79 Å². The molecule has 0 spiro atoms. The molecule has 0 heterocycles. The van der Waals surface area contributed by atoms with Crippen LogP contribution in [0.4, 0.5) is 0 Å². The second-order valence-corrected chi connectivity index (χ2v) is 6.80. The van der Waals surface area contributed by atoms with Gasteiger partial charge in [-0.1, -0.05) is 27.7 Å². The van der Waals surface area contributed by atoms with Crippen molar-refractivity contribution < 1.29 is 9.53 Å². The summed E-state index contributed by atoms with van der Waals surface area (Å²) in [7, 11) is 0. The monoisotopic (exact) mass is 255 g/mol. The van der Waals surface area contributed by atoms with E-state index >= 15 is 0 Å². The van der Waals surface area contributed by atoms with Crippen LogP contribution in [-0.2, 0) is 9.53 Å². The lowest BCUT2D eigenvalue weighted by Crippen LogP contribution is -2.35. The highest BCUT2D eigenvalue weighted by molar-refractivity contribution is 5.72. The summed E-state index contributed by atoms with van der Waals surface area (Å²) in [6.07, 6.45) is 5.07. The Morgan fingerprint density at radius 2 is 2.11 bits per heavy atom. The molecule has 0 bridgehead atoms. The van der Waals surface area contributed by atoms with Crippen molar-refractivity contribution in [2.45, 2.75) is 65.9 Å². The van der Waals surface area contributed by atoms with Gasteiger partial charge in [0.1, 0.15) is 6.10 Å². The van der Waals surface area contributed by atoms with Crippen molar-refractivity contribution in [3.05, 3.63) is 0 Å². The Hall–Kier alpha value is -0.570. The second kappa shape index (κ2) is 6.55. The van der Waals surface area contributed by atoms with Crippen LogP contribution in [-0.4, -0.2) is 18.6 Å². The third-order valence-electron chi connectivity index (χ3n) is 3.87. The van der Waals surface area contributed by atoms with E-state index in [9.17, 15) is 4.79 Å². The van der Waals surface area contributed by atoms with Crippen LogP contribution in [0.5, 0.6) is 0 Å². The van der Waals surface area contributed by atoms with Crippen molar-refractivity contribution in [1.82, 2.24) is 0 Å². The molecule has 3 atom stereocenters. The number of rotatable bonds is 5. The largest absolute Gasteiger partial charge is 0.462 e. The predicted molar refractivity (Wildman–Crippen MR) is 74.1 cm³/mol. The third kappa shape index (κ3) is 4.97. The van der Waals surface area contributed by atoms with E-state index in [4.69, 9.17) is 10.5 Å². The van der Waals surface area contributed by atoms with E-state index in [1.165, 1.54) is 6.42 Å². The summed E-state index contributed by atoms with van der Waals surface area (Å²) in [5, 5.41) is 0. The molecular formula is C15H29NO2. The summed E-state index contributed by atoms with van der Waals surface area (Å²) >= 11 is 0. The summed E-state index contributed by atoms with van der Waals surface area (Å²) < 4.78 is 5.68. The number of nitrogens with two attached hydrogens (primary N) is 1. The SMILES string of the molecule is CC1CC(OC(=O)C(C)CCCN)CC(C)(C)C1. The maximum absolute atomic E-state index is 12.0. The van der Waals surface area contributed by atoms with E-state index < -0.39 is 0 Å². The first-order valence-electron chi connectivity index (χ1n) is 7.24. The van der Waals surface area contributed by atoms with Gasteiger partial charge in [0.15, 0.2) is 0 Å². The van der Waals surface area contributed by atoms with Crippen LogP contribution < -0.4 is 5.73 Å². The third-order valence-corrected chi connectivity index (χ3v) is 3.87. The Balaban J connectivity index is 2.43. The molecule has 0 amide bonds. The molecule has 3 heteroatoms. The molecule has 1 aliphatic rings. The van der Waals surface area contributed by atoms with Crippen molar-refractivity contribution in [3.63, 3.8) is 0 Å². The summed E-state index contributed by atoms with van der Waals surface area (Å²) in [6.45, 7) is 9.36.